The van der Waals surface area contributed by atoms with Gasteiger partial charge in [-0.3, -0.25) is 4.79 Å². The monoisotopic (exact) mass is 621 g/mol. The molecule has 0 amide bonds. The molecule has 1 aromatic heterocycles. The molecule has 4 rings (SSSR count). The molecular weight excluding hydrogens is 599 g/mol. The maximum absolute atomic E-state index is 13.4. The molecule has 11 heteroatoms. The lowest BCUT2D eigenvalue weighted by atomic mass is 9.99. The number of benzene rings is 3. The lowest BCUT2D eigenvalue weighted by Crippen LogP contribution is -2.20. The molecule has 0 aliphatic heterocycles. The summed E-state index contributed by atoms with van der Waals surface area (Å²) in [5, 5.41) is 4.83. The molecule has 0 atom stereocenters. The Labute approximate surface area is 236 Å². The number of alkyl halides is 3. The molecule has 0 unspecified atom stereocenters. The molecule has 0 N–H and O–H groups in total. The van der Waals surface area contributed by atoms with Crippen LogP contribution >= 0.6 is 27.5 Å². The highest BCUT2D eigenvalue weighted by Crippen LogP contribution is 2.42. The van der Waals surface area contributed by atoms with Crippen molar-refractivity contribution < 1.29 is 22.6 Å². The van der Waals surface area contributed by atoms with Crippen LogP contribution in [0.4, 0.5) is 13.2 Å². The summed E-state index contributed by atoms with van der Waals surface area (Å²) in [4.78, 5) is 17.9. The van der Waals surface area contributed by atoms with E-state index in [2.05, 4.69) is 26.0 Å². The average molecular weight is 623 g/mol. The zero-order chi connectivity index (χ0) is 28.5. The fraction of sp³-hybridized carbons (Fsp3) is 0.250. The van der Waals surface area contributed by atoms with Crippen LogP contribution in [0.15, 0.2) is 69.0 Å². The maximum atomic E-state index is 13.4. The van der Waals surface area contributed by atoms with Crippen LogP contribution in [-0.2, 0) is 6.18 Å². The van der Waals surface area contributed by atoms with Crippen LogP contribution in [0.25, 0.3) is 22.3 Å². The van der Waals surface area contributed by atoms with Gasteiger partial charge in [0, 0.05) is 15.6 Å². The fourth-order valence-electron chi connectivity index (χ4n) is 3.65. The van der Waals surface area contributed by atoms with Gasteiger partial charge in [0.05, 0.1) is 36.4 Å². The van der Waals surface area contributed by atoms with E-state index in [4.69, 9.17) is 21.1 Å². The van der Waals surface area contributed by atoms with Crippen molar-refractivity contribution in [2.75, 3.05) is 13.7 Å². The first-order valence-corrected chi connectivity index (χ1v) is 12.9. The van der Waals surface area contributed by atoms with E-state index in [0.717, 1.165) is 16.8 Å². The third-order valence-electron chi connectivity index (χ3n) is 5.54. The number of halogens is 5. The van der Waals surface area contributed by atoms with Crippen LogP contribution in [0.3, 0.4) is 0 Å². The van der Waals surface area contributed by atoms with Crippen LogP contribution in [0, 0.1) is 5.41 Å². The van der Waals surface area contributed by atoms with Crippen LogP contribution < -0.4 is 15.0 Å². The highest BCUT2D eigenvalue weighted by molar-refractivity contribution is 9.10. The molecule has 0 aliphatic carbocycles. The van der Waals surface area contributed by atoms with Gasteiger partial charge in [0.2, 0.25) is 0 Å². The Kier molecular flexibility index (Phi) is 8.09. The molecule has 0 saturated carbocycles. The average Bonchev–Trinajstić information content (AvgIpc) is 2.88. The largest absolute Gasteiger partial charge is 0.493 e. The summed E-state index contributed by atoms with van der Waals surface area (Å²) in [6, 6.07) is 12.7. The van der Waals surface area contributed by atoms with Gasteiger partial charge in [0.1, 0.15) is 5.02 Å². The van der Waals surface area contributed by atoms with Gasteiger partial charge in [0.15, 0.2) is 17.3 Å². The van der Waals surface area contributed by atoms with Crippen molar-refractivity contribution in [1.82, 2.24) is 9.66 Å². The Hall–Kier alpha value is -3.37. The zero-order valence-corrected chi connectivity index (χ0v) is 23.8. The number of rotatable bonds is 6. The summed E-state index contributed by atoms with van der Waals surface area (Å²) in [6.07, 6.45) is -3.22. The summed E-state index contributed by atoms with van der Waals surface area (Å²) in [7, 11) is 1.47. The van der Waals surface area contributed by atoms with Crippen molar-refractivity contribution in [2.24, 2.45) is 10.5 Å². The second-order valence-electron chi connectivity index (χ2n) is 9.87. The van der Waals surface area contributed by atoms with Crippen molar-refractivity contribution in [3.63, 3.8) is 0 Å². The molecule has 0 bridgehead atoms. The van der Waals surface area contributed by atoms with Crippen molar-refractivity contribution in [2.45, 2.75) is 26.9 Å². The predicted octanol–water partition coefficient (Wildman–Crippen LogP) is 7.81. The Morgan fingerprint density at radius 1 is 1.10 bits per heavy atom. The number of nitrogens with zero attached hydrogens (tertiary/aromatic N) is 3. The number of hydrogen-bond acceptors (Lipinski definition) is 5. The summed E-state index contributed by atoms with van der Waals surface area (Å²) < 4.78 is 53.1. The van der Waals surface area contributed by atoms with Gasteiger partial charge in [-0.2, -0.15) is 22.9 Å². The summed E-state index contributed by atoms with van der Waals surface area (Å²) in [5.41, 5.74) is -0.718. The number of ether oxygens (including phenoxy) is 2. The van der Waals surface area contributed by atoms with E-state index < -0.39 is 17.3 Å². The van der Waals surface area contributed by atoms with Crippen LogP contribution in [0.2, 0.25) is 5.02 Å². The van der Waals surface area contributed by atoms with Gasteiger partial charge in [-0.25, -0.2) is 4.98 Å². The smallest absolute Gasteiger partial charge is 0.416 e. The first kappa shape index (κ1) is 28.6. The first-order chi connectivity index (χ1) is 18.3. The quantitative estimate of drug-likeness (QED) is 0.206. The molecule has 6 nitrogen and oxygen atoms in total. The summed E-state index contributed by atoms with van der Waals surface area (Å²) in [6.45, 7) is 6.42. The Bertz CT molecular complexity index is 1630. The zero-order valence-electron chi connectivity index (χ0n) is 21.4. The maximum Gasteiger partial charge on any atom is 0.416 e. The van der Waals surface area contributed by atoms with E-state index in [9.17, 15) is 18.0 Å². The van der Waals surface area contributed by atoms with E-state index in [1.807, 2.05) is 20.8 Å². The normalized spacial score (nSPS) is 12.3. The number of fused-ring (bicyclic) bond motifs is 1. The van der Waals surface area contributed by atoms with E-state index in [0.29, 0.717) is 33.7 Å². The fourth-order valence-corrected chi connectivity index (χ4v) is 4.30. The van der Waals surface area contributed by atoms with Gasteiger partial charge in [0.25, 0.3) is 5.56 Å². The molecule has 204 valence electrons. The SMILES string of the molecule is COc1cc(C=Nn2c(-c3cccc(C(F)(F)F)c3)nc3ccccc3c2=O)c(Br)c(Cl)c1OCC(C)(C)C. The molecule has 39 heavy (non-hydrogen) atoms. The molecule has 0 aliphatic rings. The van der Waals surface area contributed by atoms with Gasteiger partial charge in [-0.1, -0.05) is 56.6 Å². The third kappa shape index (κ3) is 6.28. The molecule has 1 heterocycles. The second kappa shape index (κ2) is 11.0. The Morgan fingerprint density at radius 2 is 1.82 bits per heavy atom. The lowest BCUT2D eigenvalue weighted by molar-refractivity contribution is -0.137. The van der Waals surface area contributed by atoms with E-state index in [-0.39, 0.29) is 27.2 Å². The van der Waals surface area contributed by atoms with Crippen molar-refractivity contribution >= 4 is 44.6 Å². The highest BCUT2D eigenvalue weighted by atomic mass is 79.9. The first-order valence-electron chi connectivity index (χ1n) is 11.7. The Morgan fingerprint density at radius 3 is 2.49 bits per heavy atom. The van der Waals surface area contributed by atoms with Crippen LogP contribution in [0.1, 0.15) is 31.9 Å². The topological polar surface area (TPSA) is 65.7 Å². The minimum Gasteiger partial charge on any atom is -0.493 e. The van der Waals surface area contributed by atoms with Gasteiger partial charge < -0.3 is 9.47 Å². The van der Waals surface area contributed by atoms with Crippen LogP contribution in [-0.4, -0.2) is 29.6 Å². The van der Waals surface area contributed by atoms with Gasteiger partial charge in [-0.15, -0.1) is 0 Å². The molecule has 0 fully saturated rings. The molecular formula is C28H24BrClF3N3O3. The molecule has 0 spiro atoms. The van der Waals surface area contributed by atoms with Gasteiger partial charge >= 0.3 is 6.18 Å². The molecule has 3 aromatic carbocycles. The summed E-state index contributed by atoms with van der Waals surface area (Å²) in [5.74, 6) is 0.628. The van der Waals surface area contributed by atoms with Crippen molar-refractivity contribution in [3.8, 4) is 22.9 Å². The van der Waals surface area contributed by atoms with Crippen molar-refractivity contribution in [1.29, 1.82) is 0 Å². The van der Waals surface area contributed by atoms with E-state index >= 15 is 0 Å². The molecule has 0 saturated heterocycles. The minimum absolute atomic E-state index is 0.0552. The highest BCUT2D eigenvalue weighted by Gasteiger charge is 2.31. The number of hydrogen-bond donors (Lipinski definition) is 0. The lowest BCUT2D eigenvalue weighted by Gasteiger charge is -2.21. The van der Waals surface area contributed by atoms with E-state index in [1.165, 1.54) is 25.5 Å². The van der Waals surface area contributed by atoms with Crippen molar-refractivity contribution in [3.05, 3.63) is 85.6 Å². The predicted molar refractivity (Wildman–Crippen MR) is 150 cm³/mol. The van der Waals surface area contributed by atoms with Crippen LogP contribution in [0.5, 0.6) is 11.5 Å². The molecule has 4 aromatic rings. The van der Waals surface area contributed by atoms with Gasteiger partial charge in [-0.05, 0) is 51.7 Å². The van der Waals surface area contributed by atoms with E-state index in [1.54, 1.807) is 30.3 Å². The minimum atomic E-state index is -4.57. The second-order valence-corrected chi connectivity index (χ2v) is 11.0. The molecule has 0 radical (unpaired) electrons. The Balaban J connectivity index is 1.87. The number of aromatic nitrogens is 2. The third-order valence-corrected chi connectivity index (χ3v) is 6.98. The summed E-state index contributed by atoms with van der Waals surface area (Å²) >= 11 is 10.0. The number of para-hydroxylation sites is 1. The number of methoxy groups -OCH3 is 1. The standard InChI is InChI=1S/C28H24BrClF3N3O3/c1-27(2,3)15-39-24-21(38-4)13-17(22(29)23(24)30)14-34-36-25(16-8-7-9-18(12-16)28(31,32)33)35-20-11-6-5-10-19(20)26(36)37/h5-14H,15H2,1-4H3.